The van der Waals surface area contributed by atoms with Crippen LogP contribution in [0.3, 0.4) is 0 Å². The minimum Gasteiger partial charge on any atom is -0.468 e. The van der Waals surface area contributed by atoms with Crippen LogP contribution in [0.1, 0.15) is 34.6 Å². The fraction of sp³-hybridized carbons (Fsp3) is 0.412. The number of fused-ring (bicyclic) bond motifs is 3. The fourth-order valence-corrected chi connectivity index (χ4v) is 4.53. The van der Waals surface area contributed by atoms with Gasteiger partial charge in [0.05, 0.1) is 18.0 Å². The van der Waals surface area contributed by atoms with E-state index in [4.69, 9.17) is 0 Å². The number of thiophene rings is 1. The van der Waals surface area contributed by atoms with Crippen molar-refractivity contribution in [3.63, 3.8) is 0 Å². The Morgan fingerprint density at radius 3 is 2.64 bits per heavy atom. The van der Waals surface area contributed by atoms with Crippen molar-refractivity contribution < 1.29 is 27.5 Å². The smallest absolute Gasteiger partial charge is 0.404 e. The van der Waals surface area contributed by atoms with Crippen LogP contribution in [0.4, 0.5) is 13.2 Å². The van der Waals surface area contributed by atoms with Gasteiger partial charge in [-0.1, -0.05) is 25.1 Å². The molecule has 2 heterocycles. The van der Waals surface area contributed by atoms with Crippen molar-refractivity contribution in [2.24, 2.45) is 5.92 Å². The largest absolute Gasteiger partial charge is 0.468 e. The Morgan fingerprint density at radius 2 is 2.04 bits per heavy atom. The summed E-state index contributed by atoms with van der Waals surface area (Å²) < 4.78 is 46.3. The molecule has 2 atom stereocenters. The van der Waals surface area contributed by atoms with E-state index < -0.39 is 30.0 Å². The van der Waals surface area contributed by atoms with E-state index in [2.05, 4.69) is 4.74 Å². The van der Waals surface area contributed by atoms with Crippen LogP contribution in [-0.2, 0) is 9.53 Å². The lowest BCUT2D eigenvalue weighted by Crippen LogP contribution is -2.43. The van der Waals surface area contributed by atoms with Crippen molar-refractivity contribution in [3.8, 4) is 0 Å². The number of hydrogen-bond donors (Lipinski definition) is 0. The number of methoxy groups -OCH3 is 1. The maximum absolute atomic E-state index is 13.7. The van der Waals surface area contributed by atoms with Crippen molar-refractivity contribution >= 4 is 33.3 Å². The minimum absolute atomic E-state index is 0.142. The normalized spacial score (nSPS) is 18.5. The summed E-state index contributed by atoms with van der Waals surface area (Å²) in [6.45, 7) is 1.92. The summed E-state index contributed by atoms with van der Waals surface area (Å²) in [7, 11) is 0.925. The van der Waals surface area contributed by atoms with Gasteiger partial charge < -0.3 is 9.64 Å². The molecule has 1 aliphatic heterocycles. The number of carbonyl (C=O) groups is 2. The standard InChI is InChI=1S/C17H16F3NO3S/c1-3-8-21-13(12(16(23)24-2)17(18,19)20)11-9-6-4-5-7-10(9)25-14(11)15(21)22/h4-7,12-13H,3,8H2,1-2H3. The Kier molecular flexibility index (Phi) is 4.49. The monoisotopic (exact) mass is 371 g/mol. The van der Waals surface area contributed by atoms with Crippen molar-refractivity contribution in [3.05, 3.63) is 34.7 Å². The topological polar surface area (TPSA) is 46.6 Å². The number of carbonyl (C=O) groups excluding carboxylic acids is 2. The molecule has 1 aromatic carbocycles. The molecule has 0 spiro atoms. The van der Waals surface area contributed by atoms with Crippen molar-refractivity contribution in [1.82, 2.24) is 4.90 Å². The van der Waals surface area contributed by atoms with Gasteiger partial charge in [0.1, 0.15) is 0 Å². The molecule has 0 aliphatic carbocycles. The molecule has 1 aromatic heterocycles. The summed E-state index contributed by atoms with van der Waals surface area (Å²) in [6.07, 6.45) is -4.34. The fourth-order valence-electron chi connectivity index (χ4n) is 3.33. The number of amides is 1. The number of halogens is 3. The van der Waals surface area contributed by atoms with Crippen LogP contribution in [0.2, 0.25) is 0 Å². The molecule has 25 heavy (non-hydrogen) atoms. The van der Waals surface area contributed by atoms with Gasteiger partial charge in [-0.15, -0.1) is 11.3 Å². The molecular weight excluding hydrogens is 355 g/mol. The first kappa shape index (κ1) is 17.7. The molecule has 1 amide bonds. The van der Waals surface area contributed by atoms with Crippen LogP contribution < -0.4 is 0 Å². The van der Waals surface area contributed by atoms with E-state index in [0.29, 0.717) is 11.8 Å². The predicted molar refractivity (Wildman–Crippen MR) is 87.5 cm³/mol. The van der Waals surface area contributed by atoms with E-state index in [1.165, 1.54) is 0 Å². The van der Waals surface area contributed by atoms with E-state index in [1.807, 2.05) is 0 Å². The van der Waals surface area contributed by atoms with Gasteiger partial charge in [0.25, 0.3) is 5.91 Å². The molecular formula is C17H16F3NO3S. The summed E-state index contributed by atoms with van der Waals surface area (Å²) in [5.74, 6) is -4.25. The van der Waals surface area contributed by atoms with Crippen molar-refractivity contribution in [2.45, 2.75) is 25.6 Å². The lowest BCUT2D eigenvalue weighted by atomic mass is 9.91. The molecule has 0 radical (unpaired) electrons. The number of esters is 1. The zero-order valence-corrected chi connectivity index (χ0v) is 14.4. The van der Waals surface area contributed by atoms with Crippen molar-refractivity contribution in [1.29, 1.82) is 0 Å². The van der Waals surface area contributed by atoms with E-state index in [9.17, 15) is 22.8 Å². The molecule has 4 nitrogen and oxygen atoms in total. The van der Waals surface area contributed by atoms with Crippen LogP contribution in [0.15, 0.2) is 24.3 Å². The number of nitrogens with zero attached hydrogens (tertiary/aromatic N) is 1. The number of hydrogen-bond acceptors (Lipinski definition) is 4. The molecule has 3 rings (SSSR count). The van der Waals surface area contributed by atoms with E-state index in [1.54, 1.807) is 31.2 Å². The van der Waals surface area contributed by atoms with Gasteiger partial charge in [-0.05, 0) is 17.9 Å². The Balaban J connectivity index is 2.24. The first-order valence-electron chi connectivity index (χ1n) is 7.78. The second-order valence-corrected chi connectivity index (χ2v) is 6.88. The second-order valence-electron chi connectivity index (χ2n) is 5.83. The van der Waals surface area contributed by atoms with Crippen LogP contribution in [0.5, 0.6) is 0 Å². The highest BCUT2D eigenvalue weighted by atomic mass is 32.1. The van der Waals surface area contributed by atoms with Crippen molar-refractivity contribution in [2.75, 3.05) is 13.7 Å². The van der Waals surface area contributed by atoms with Gasteiger partial charge in [-0.25, -0.2) is 0 Å². The zero-order valence-electron chi connectivity index (χ0n) is 13.6. The van der Waals surface area contributed by atoms with E-state index in [-0.39, 0.29) is 17.0 Å². The maximum atomic E-state index is 13.7. The maximum Gasteiger partial charge on any atom is 0.404 e. The molecule has 0 bridgehead atoms. The lowest BCUT2D eigenvalue weighted by Gasteiger charge is -2.32. The molecule has 0 N–H and O–H groups in total. The molecule has 8 heteroatoms. The molecule has 1 aliphatic rings. The number of rotatable bonds is 4. The first-order valence-corrected chi connectivity index (χ1v) is 8.59. The SMILES string of the molecule is CCCN1C(=O)c2sc3ccccc3c2C1C(C(=O)OC)C(F)(F)F. The van der Waals surface area contributed by atoms with Crippen LogP contribution in [0, 0.1) is 5.92 Å². The average molecular weight is 371 g/mol. The lowest BCUT2D eigenvalue weighted by molar-refractivity contribution is -0.206. The van der Waals surface area contributed by atoms with Gasteiger partial charge in [0, 0.05) is 16.8 Å². The van der Waals surface area contributed by atoms with E-state index >= 15 is 0 Å². The summed E-state index contributed by atoms with van der Waals surface area (Å²) >= 11 is 1.16. The van der Waals surface area contributed by atoms with Crippen LogP contribution in [0.25, 0.3) is 10.1 Å². The number of benzene rings is 1. The summed E-state index contributed by atoms with van der Waals surface area (Å²) in [4.78, 5) is 26.2. The van der Waals surface area contributed by atoms with Gasteiger partial charge >= 0.3 is 12.1 Å². The average Bonchev–Trinajstić information content (AvgIpc) is 3.05. The third-order valence-electron chi connectivity index (χ3n) is 4.31. The molecule has 0 saturated heterocycles. The van der Waals surface area contributed by atoms with Crippen LogP contribution in [-0.4, -0.2) is 36.6 Å². The summed E-state index contributed by atoms with van der Waals surface area (Å²) in [6, 6.07) is 5.52. The third-order valence-corrected chi connectivity index (χ3v) is 5.48. The molecule has 2 aromatic rings. The molecule has 0 saturated carbocycles. The van der Waals surface area contributed by atoms with Gasteiger partial charge in [-0.2, -0.15) is 13.2 Å². The quantitative estimate of drug-likeness (QED) is 0.758. The first-order chi connectivity index (χ1) is 11.8. The van der Waals surface area contributed by atoms with Crippen LogP contribution >= 0.6 is 11.3 Å². The van der Waals surface area contributed by atoms with Gasteiger partial charge in [0.2, 0.25) is 0 Å². The predicted octanol–water partition coefficient (Wildman–Crippen LogP) is 4.16. The molecule has 0 fully saturated rings. The highest BCUT2D eigenvalue weighted by Gasteiger charge is 2.57. The third kappa shape index (κ3) is 2.78. The second kappa shape index (κ2) is 6.33. The summed E-state index contributed by atoms with van der Waals surface area (Å²) in [5, 5.41) is 0.581. The Morgan fingerprint density at radius 1 is 1.36 bits per heavy atom. The zero-order chi connectivity index (χ0) is 18.4. The highest BCUT2D eigenvalue weighted by Crippen LogP contribution is 2.50. The Hall–Kier alpha value is -2.09. The molecule has 134 valence electrons. The van der Waals surface area contributed by atoms with E-state index in [0.717, 1.165) is 28.0 Å². The Labute approximate surface area is 146 Å². The summed E-state index contributed by atoms with van der Waals surface area (Å²) in [5.41, 5.74) is 0.284. The molecule has 2 unspecified atom stereocenters. The number of ether oxygens (including phenoxy) is 1. The minimum atomic E-state index is -4.82. The van der Waals surface area contributed by atoms with Gasteiger partial charge in [-0.3, -0.25) is 9.59 Å². The van der Waals surface area contributed by atoms with Gasteiger partial charge in [0.15, 0.2) is 5.92 Å². The highest BCUT2D eigenvalue weighted by molar-refractivity contribution is 7.21. The Bertz CT molecular complexity index is 830. The number of alkyl halides is 3.